The predicted octanol–water partition coefficient (Wildman–Crippen LogP) is 2.22. The van der Waals surface area contributed by atoms with E-state index in [1.165, 1.54) is 0 Å². The highest BCUT2D eigenvalue weighted by molar-refractivity contribution is 6.31. The Labute approximate surface area is 111 Å². The van der Waals surface area contributed by atoms with Crippen molar-refractivity contribution in [3.8, 4) is 0 Å². The summed E-state index contributed by atoms with van der Waals surface area (Å²) in [6.07, 6.45) is 0.780. The molecule has 1 aromatic rings. The standard InChI is InChI=1S/C13H17ClN2O2/c1-8-13(2,5-6-18-8)16-12(17)10-7-9(14)3-4-11(10)15/h3-4,7-8H,5-6,15H2,1-2H3,(H,16,17). The minimum Gasteiger partial charge on any atom is -0.398 e. The summed E-state index contributed by atoms with van der Waals surface area (Å²) in [6.45, 7) is 4.58. The van der Waals surface area contributed by atoms with Gasteiger partial charge < -0.3 is 15.8 Å². The molecule has 2 rings (SSSR count). The second-order valence-electron chi connectivity index (χ2n) is 4.87. The number of rotatable bonds is 2. The molecule has 4 nitrogen and oxygen atoms in total. The van der Waals surface area contributed by atoms with Gasteiger partial charge in [0.1, 0.15) is 0 Å². The summed E-state index contributed by atoms with van der Waals surface area (Å²) < 4.78 is 5.49. The average Bonchev–Trinajstić information content (AvgIpc) is 2.62. The number of carbonyl (C=O) groups excluding carboxylic acids is 1. The lowest BCUT2D eigenvalue weighted by atomic mass is 9.94. The molecule has 1 amide bonds. The second-order valence-corrected chi connectivity index (χ2v) is 5.30. The van der Waals surface area contributed by atoms with E-state index in [1.807, 2.05) is 13.8 Å². The van der Waals surface area contributed by atoms with Gasteiger partial charge in [0.15, 0.2) is 0 Å². The third-order valence-corrected chi connectivity index (χ3v) is 3.78. The van der Waals surface area contributed by atoms with Crippen molar-refractivity contribution >= 4 is 23.2 Å². The van der Waals surface area contributed by atoms with Crippen molar-refractivity contribution in [3.63, 3.8) is 0 Å². The van der Waals surface area contributed by atoms with Crippen LogP contribution in [0.1, 0.15) is 30.6 Å². The largest absolute Gasteiger partial charge is 0.398 e. The number of nitrogens with two attached hydrogens (primary N) is 1. The number of nitrogens with one attached hydrogen (secondary N) is 1. The van der Waals surface area contributed by atoms with Gasteiger partial charge in [-0.2, -0.15) is 0 Å². The molecule has 1 saturated heterocycles. The fourth-order valence-electron chi connectivity index (χ4n) is 2.05. The van der Waals surface area contributed by atoms with Gasteiger partial charge in [-0.1, -0.05) is 11.6 Å². The monoisotopic (exact) mass is 268 g/mol. The number of amides is 1. The summed E-state index contributed by atoms with van der Waals surface area (Å²) in [5, 5.41) is 3.48. The fourth-order valence-corrected chi connectivity index (χ4v) is 2.22. The van der Waals surface area contributed by atoms with Crippen molar-refractivity contribution in [2.24, 2.45) is 0 Å². The molecule has 98 valence electrons. The summed E-state index contributed by atoms with van der Waals surface area (Å²) in [5.74, 6) is -0.213. The van der Waals surface area contributed by atoms with Gasteiger partial charge in [-0.15, -0.1) is 0 Å². The Morgan fingerprint density at radius 3 is 2.94 bits per heavy atom. The summed E-state index contributed by atoms with van der Waals surface area (Å²) in [5.41, 5.74) is 6.26. The summed E-state index contributed by atoms with van der Waals surface area (Å²) >= 11 is 5.88. The molecule has 1 aliphatic rings. The molecule has 0 aliphatic carbocycles. The average molecular weight is 269 g/mol. The minimum atomic E-state index is -0.355. The number of ether oxygens (including phenoxy) is 1. The first-order chi connectivity index (χ1) is 8.42. The van der Waals surface area contributed by atoms with E-state index < -0.39 is 0 Å². The lowest BCUT2D eigenvalue weighted by Gasteiger charge is -2.29. The van der Waals surface area contributed by atoms with E-state index in [2.05, 4.69) is 5.32 Å². The molecule has 18 heavy (non-hydrogen) atoms. The van der Waals surface area contributed by atoms with Crippen LogP contribution in [0.5, 0.6) is 0 Å². The molecule has 1 fully saturated rings. The van der Waals surface area contributed by atoms with Gasteiger partial charge in [0.2, 0.25) is 0 Å². The van der Waals surface area contributed by atoms with E-state index in [1.54, 1.807) is 18.2 Å². The van der Waals surface area contributed by atoms with Crippen LogP contribution in [-0.4, -0.2) is 24.2 Å². The van der Waals surface area contributed by atoms with Crippen molar-refractivity contribution in [1.29, 1.82) is 0 Å². The van der Waals surface area contributed by atoms with Gasteiger partial charge in [-0.05, 0) is 38.5 Å². The van der Waals surface area contributed by atoms with Gasteiger partial charge in [0.25, 0.3) is 5.91 Å². The highest BCUT2D eigenvalue weighted by Crippen LogP contribution is 2.26. The SMILES string of the molecule is CC1OCCC1(C)NC(=O)c1cc(Cl)ccc1N. The zero-order valence-corrected chi connectivity index (χ0v) is 11.3. The molecule has 2 atom stereocenters. The highest BCUT2D eigenvalue weighted by Gasteiger charge is 2.38. The Morgan fingerprint density at radius 1 is 1.61 bits per heavy atom. The van der Waals surface area contributed by atoms with Gasteiger partial charge in [0, 0.05) is 17.3 Å². The molecule has 1 aromatic carbocycles. The number of benzene rings is 1. The molecule has 0 aromatic heterocycles. The summed E-state index contributed by atoms with van der Waals surface area (Å²) in [7, 11) is 0. The molecular weight excluding hydrogens is 252 g/mol. The van der Waals surface area contributed by atoms with E-state index in [4.69, 9.17) is 22.1 Å². The molecule has 3 N–H and O–H groups in total. The summed E-state index contributed by atoms with van der Waals surface area (Å²) in [4.78, 5) is 12.2. The fraction of sp³-hybridized carbons (Fsp3) is 0.462. The maximum absolute atomic E-state index is 12.2. The lowest BCUT2D eigenvalue weighted by molar-refractivity contribution is 0.0728. The zero-order valence-electron chi connectivity index (χ0n) is 10.5. The summed E-state index contributed by atoms with van der Waals surface area (Å²) in [6, 6.07) is 4.88. The number of carbonyl (C=O) groups is 1. The number of hydrogen-bond donors (Lipinski definition) is 2. The normalized spacial score (nSPS) is 27.2. The van der Waals surface area contributed by atoms with E-state index in [0.717, 1.165) is 6.42 Å². The maximum Gasteiger partial charge on any atom is 0.253 e. The number of hydrogen-bond acceptors (Lipinski definition) is 3. The van der Waals surface area contributed by atoms with Crippen LogP contribution in [0.25, 0.3) is 0 Å². The lowest BCUT2D eigenvalue weighted by Crippen LogP contribution is -2.50. The second kappa shape index (κ2) is 4.78. The van der Waals surface area contributed by atoms with Crippen molar-refractivity contribution in [2.45, 2.75) is 31.9 Å². The van der Waals surface area contributed by atoms with Crippen LogP contribution in [-0.2, 0) is 4.74 Å². The van der Waals surface area contributed by atoms with Crippen molar-refractivity contribution in [1.82, 2.24) is 5.32 Å². The van der Waals surface area contributed by atoms with Crippen LogP contribution >= 0.6 is 11.6 Å². The molecule has 2 unspecified atom stereocenters. The first-order valence-electron chi connectivity index (χ1n) is 5.91. The van der Waals surface area contributed by atoms with Crippen LogP contribution in [0.4, 0.5) is 5.69 Å². The Hall–Kier alpha value is -1.26. The predicted molar refractivity (Wildman–Crippen MR) is 71.8 cm³/mol. The molecule has 1 heterocycles. The Balaban J connectivity index is 2.19. The molecule has 5 heteroatoms. The number of anilines is 1. The van der Waals surface area contributed by atoms with Crippen molar-refractivity contribution in [2.75, 3.05) is 12.3 Å². The van der Waals surface area contributed by atoms with Crippen LogP contribution in [0.3, 0.4) is 0 Å². The van der Waals surface area contributed by atoms with Crippen LogP contribution in [0, 0.1) is 0 Å². The third kappa shape index (κ3) is 2.44. The number of halogens is 1. The molecular formula is C13H17ClN2O2. The molecule has 0 bridgehead atoms. The topological polar surface area (TPSA) is 64.3 Å². The molecule has 0 radical (unpaired) electrons. The van der Waals surface area contributed by atoms with Gasteiger partial charge in [-0.25, -0.2) is 0 Å². The first kappa shape index (κ1) is 13.2. The van der Waals surface area contributed by atoms with Crippen molar-refractivity contribution in [3.05, 3.63) is 28.8 Å². The van der Waals surface area contributed by atoms with E-state index in [0.29, 0.717) is 22.9 Å². The molecule has 1 aliphatic heterocycles. The van der Waals surface area contributed by atoms with Crippen LogP contribution in [0.2, 0.25) is 5.02 Å². The zero-order chi connectivity index (χ0) is 13.3. The van der Waals surface area contributed by atoms with Gasteiger partial charge in [-0.3, -0.25) is 4.79 Å². The van der Waals surface area contributed by atoms with Crippen LogP contribution in [0.15, 0.2) is 18.2 Å². The van der Waals surface area contributed by atoms with E-state index in [9.17, 15) is 4.79 Å². The maximum atomic E-state index is 12.2. The van der Waals surface area contributed by atoms with E-state index >= 15 is 0 Å². The Bertz CT molecular complexity index is 478. The van der Waals surface area contributed by atoms with Crippen molar-refractivity contribution < 1.29 is 9.53 Å². The quantitative estimate of drug-likeness (QED) is 0.809. The Morgan fingerprint density at radius 2 is 2.33 bits per heavy atom. The minimum absolute atomic E-state index is 0.0122. The molecule has 0 spiro atoms. The molecule has 0 saturated carbocycles. The third-order valence-electron chi connectivity index (χ3n) is 3.55. The highest BCUT2D eigenvalue weighted by atomic mass is 35.5. The Kier molecular flexibility index (Phi) is 3.50. The first-order valence-corrected chi connectivity index (χ1v) is 6.29. The number of nitrogen functional groups attached to an aromatic ring is 1. The van der Waals surface area contributed by atoms with Gasteiger partial charge >= 0.3 is 0 Å². The van der Waals surface area contributed by atoms with Crippen LogP contribution < -0.4 is 11.1 Å². The van der Waals surface area contributed by atoms with E-state index in [-0.39, 0.29) is 17.6 Å². The van der Waals surface area contributed by atoms with Gasteiger partial charge in [0.05, 0.1) is 17.2 Å². The smallest absolute Gasteiger partial charge is 0.253 e.